The molecule has 0 aliphatic rings. The topological polar surface area (TPSA) is 72.8 Å². The minimum atomic E-state index is -0.955. The number of rotatable bonds is 28. The average molecular weight is 541 g/mol. The lowest BCUT2D eigenvalue weighted by atomic mass is 10.00. The van der Waals surface area contributed by atoms with Gasteiger partial charge in [-0.3, -0.25) is 9.59 Å². The van der Waals surface area contributed by atoms with Crippen molar-refractivity contribution in [3.8, 4) is 0 Å². The molecule has 2 atom stereocenters. The Bertz CT molecular complexity index is 533. The minimum absolute atomic E-state index is 0.111. The summed E-state index contributed by atoms with van der Waals surface area (Å²) in [4.78, 5) is 23.7. The molecule has 0 aromatic rings. The molecule has 0 bridgehead atoms. The van der Waals surface area contributed by atoms with Crippen molar-refractivity contribution in [1.29, 1.82) is 0 Å². The molecule has 0 amide bonds. The first kappa shape index (κ1) is 36.9. The number of unbranched alkanes of at least 4 members (excludes halogenated alkanes) is 15. The van der Waals surface area contributed by atoms with E-state index in [-0.39, 0.29) is 25.2 Å². The van der Waals surface area contributed by atoms with Crippen LogP contribution in [0.15, 0.2) is 0 Å². The van der Waals surface area contributed by atoms with Gasteiger partial charge in [-0.05, 0) is 24.7 Å². The molecule has 0 aliphatic heterocycles. The van der Waals surface area contributed by atoms with E-state index in [1.807, 2.05) is 0 Å². The Morgan fingerprint density at radius 1 is 0.553 bits per heavy atom. The Balaban J connectivity index is 3.43. The summed E-state index contributed by atoms with van der Waals surface area (Å²) < 4.78 is 10.3. The molecule has 1 N–H and O–H groups in total. The summed E-state index contributed by atoms with van der Waals surface area (Å²) >= 11 is 0. The van der Waals surface area contributed by atoms with Gasteiger partial charge in [-0.25, -0.2) is 0 Å². The average Bonchev–Trinajstić information content (AvgIpc) is 2.89. The molecule has 38 heavy (non-hydrogen) atoms. The summed E-state index contributed by atoms with van der Waals surface area (Å²) in [7, 11) is 0. The molecule has 0 heterocycles. The summed E-state index contributed by atoms with van der Waals surface area (Å²) in [6.45, 7) is 8.94. The van der Waals surface area contributed by atoms with Crippen LogP contribution < -0.4 is 0 Å². The maximum Gasteiger partial charge on any atom is 0.305 e. The second-order valence-corrected chi connectivity index (χ2v) is 12.0. The van der Waals surface area contributed by atoms with Gasteiger partial charge in [0.2, 0.25) is 0 Å². The van der Waals surface area contributed by atoms with Crippen LogP contribution in [0.1, 0.15) is 169 Å². The first-order valence-electron chi connectivity index (χ1n) is 16.3. The summed E-state index contributed by atoms with van der Waals surface area (Å²) in [6.07, 6.45) is 24.4. The maximum atomic E-state index is 11.9. The van der Waals surface area contributed by atoms with E-state index in [1.54, 1.807) is 0 Å². The normalized spacial score (nSPS) is 13.0. The maximum absolute atomic E-state index is 11.9. The van der Waals surface area contributed by atoms with Crippen molar-refractivity contribution in [2.24, 2.45) is 11.8 Å². The van der Waals surface area contributed by atoms with E-state index in [2.05, 4.69) is 27.7 Å². The van der Waals surface area contributed by atoms with E-state index in [0.29, 0.717) is 12.8 Å². The van der Waals surface area contributed by atoms with Crippen LogP contribution in [0.25, 0.3) is 0 Å². The number of hydrogen-bond acceptors (Lipinski definition) is 5. The summed E-state index contributed by atoms with van der Waals surface area (Å²) in [6, 6.07) is 0. The molecular weight excluding hydrogens is 476 g/mol. The van der Waals surface area contributed by atoms with Crippen LogP contribution in [0.3, 0.4) is 0 Å². The fourth-order valence-electron chi connectivity index (χ4n) is 4.66. The van der Waals surface area contributed by atoms with Crippen molar-refractivity contribution in [2.75, 3.05) is 13.2 Å². The molecule has 0 rings (SSSR count). The number of carbonyl (C=O) groups excluding carboxylic acids is 2. The van der Waals surface area contributed by atoms with Crippen LogP contribution in [0.2, 0.25) is 0 Å². The number of carbonyl (C=O) groups is 2. The van der Waals surface area contributed by atoms with Crippen LogP contribution in [0, 0.1) is 11.8 Å². The third-order valence-electron chi connectivity index (χ3n) is 7.56. The van der Waals surface area contributed by atoms with Crippen molar-refractivity contribution >= 4 is 11.9 Å². The molecule has 0 spiro atoms. The molecule has 0 saturated heterocycles. The van der Waals surface area contributed by atoms with Gasteiger partial charge < -0.3 is 14.6 Å². The van der Waals surface area contributed by atoms with Gasteiger partial charge in [0.15, 0.2) is 0 Å². The molecule has 0 fully saturated rings. The van der Waals surface area contributed by atoms with Gasteiger partial charge in [0, 0.05) is 12.8 Å². The van der Waals surface area contributed by atoms with Gasteiger partial charge in [-0.1, -0.05) is 143 Å². The Kier molecular flexibility index (Phi) is 26.7. The van der Waals surface area contributed by atoms with Crippen molar-refractivity contribution in [3.05, 3.63) is 0 Å². The SMILES string of the molecule is CCC(C)CCCCCCCCC(=O)OC[C@H](O)COC(=O)CCCCCCCCCCCCCC(C)C. The highest BCUT2D eigenvalue weighted by molar-refractivity contribution is 5.69. The van der Waals surface area contributed by atoms with Crippen molar-refractivity contribution in [1.82, 2.24) is 0 Å². The largest absolute Gasteiger partial charge is 0.463 e. The van der Waals surface area contributed by atoms with Gasteiger partial charge in [0.1, 0.15) is 19.3 Å². The molecule has 226 valence electrons. The molecule has 0 saturated carbocycles. The molecule has 1 unspecified atom stereocenters. The zero-order valence-electron chi connectivity index (χ0n) is 25.8. The lowest BCUT2D eigenvalue weighted by Gasteiger charge is -2.12. The van der Waals surface area contributed by atoms with E-state index in [4.69, 9.17) is 9.47 Å². The highest BCUT2D eigenvalue weighted by atomic mass is 16.6. The Labute approximate surface area is 236 Å². The first-order valence-corrected chi connectivity index (χ1v) is 16.3. The Morgan fingerprint density at radius 2 is 0.895 bits per heavy atom. The van der Waals surface area contributed by atoms with Crippen LogP contribution in [0.5, 0.6) is 0 Å². The van der Waals surface area contributed by atoms with Gasteiger partial charge in [-0.15, -0.1) is 0 Å². The molecule has 5 heteroatoms. The third kappa shape index (κ3) is 27.9. The lowest BCUT2D eigenvalue weighted by molar-refractivity contribution is -0.152. The Hall–Kier alpha value is -1.10. The van der Waals surface area contributed by atoms with Gasteiger partial charge >= 0.3 is 11.9 Å². The van der Waals surface area contributed by atoms with E-state index in [9.17, 15) is 14.7 Å². The lowest BCUT2D eigenvalue weighted by Crippen LogP contribution is -2.25. The highest BCUT2D eigenvalue weighted by Gasteiger charge is 2.12. The van der Waals surface area contributed by atoms with Gasteiger partial charge in [0.25, 0.3) is 0 Å². The molecule has 0 radical (unpaired) electrons. The summed E-state index contributed by atoms with van der Waals surface area (Å²) in [5, 5.41) is 9.94. The van der Waals surface area contributed by atoms with Crippen LogP contribution in [-0.4, -0.2) is 36.4 Å². The fraction of sp³-hybridized carbons (Fsp3) is 0.939. The summed E-state index contributed by atoms with van der Waals surface area (Å²) in [5.41, 5.74) is 0. The predicted molar refractivity (Wildman–Crippen MR) is 159 cm³/mol. The number of esters is 2. The number of aliphatic hydroxyl groups excluding tert-OH is 1. The fourth-order valence-corrected chi connectivity index (χ4v) is 4.66. The zero-order chi connectivity index (χ0) is 28.3. The highest BCUT2D eigenvalue weighted by Crippen LogP contribution is 2.15. The quantitative estimate of drug-likeness (QED) is 0.0790. The molecular formula is C33H64O5. The number of ether oxygens (including phenoxy) is 2. The first-order chi connectivity index (χ1) is 18.3. The van der Waals surface area contributed by atoms with Gasteiger partial charge in [-0.2, -0.15) is 0 Å². The third-order valence-corrected chi connectivity index (χ3v) is 7.56. The van der Waals surface area contributed by atoms with Crippen LogP contribution >= 0.6 is 0 Å². The van der Waals surface area contributed by atoms with E-state index in [1.165, 1.54) is 96.3 Å². The zero-order valence-corrected chi connectivity index (χ0v) is 25.8. The second-order valence-electron chi connectivity index (χ2n) is 12.0. The smallest absolute Gasteiger partial charge is 0.305 e. The summed E-state index contributed by atoms with van der Waals surface area (Å²) in [5.74, 6) is 1.10. The Morgan fingerprint density at radius 3 is 1.26 bits per heavy atom. The second kappa shape index (κ2) is 27.5. The van der Waals surface area contributed by atoms with Crippen LogP contribution in [0.4, 0.5) is 0 Å². The molecule has 0 aliphatic carbocycles. The molecule has 5 nitrogen and oxygen atoms in total. The minimum Gasteiger partial charge on any atom is -0.463 e. The molecule has 0 aromatic heterocycles. The van der Waals surface area contributed by atoms with Crippen molar-refractivity contribution in [3.63, 3.8) is 0 Å². The molecule has 0 aromatic carbocycles. The predicted octanol–water partition coefficient (Wildman–Crippen LogP) is 9.33. The van der Waals surface area contributed by atoms with Gasteiger partial charge in [0.05, 0.1) is 0 Å². The van der Waals surface area contributed by atoms with Crippen molar-refractivity contribution < 1.29 is 24.2 Å². The number of hydrogen-bond donors (Lipinski definition) is 1. The van der Waals surface area contributed by atoms with Crippen molar-refractivity contribution in [2.45, 2.75) is 175 Å². The van der Waals surface area contributed by atoms with Crippen LogP contribution in [-0.2, 0) is 19.1 Å². The van der Waals surface area contributed by atoms with E-state index < -0.39 is 6.10 Å². The standard InChI is InChI=1S/C33H64O5/c1-5-30(4)24-20-16-13-14-18-22-26-33(36)38-28-31(34)27-37-32(35)25-21-17-12-10-8-6-7-9-11-15-19-23-29(2)3/h29-31,34H,5-28H2,1-4H3/t30?,31-/m1/s1. The number of aliphatic hydroxyl groups is 1. The van der Waals surface area contributed by atoms with E-state index in [0.717, 1.165) is 43.9 Å². The van der Waals surface area contributed by atoms with E-state index >= 15 is 0 Å². The monoisotopic (exact) mass is 540 g/mol.